The van der Waals surface area contributed by atoms with Crippen LogP contribution in [-0.4, -0.2) is 29.2 Å². The number of aromatic amines is 1. The van der Waals surface area contributed by atoms with Gasteiger partial charge >= 0.3 is 0 Å². The van der Waals surface area contributed by atoms with E-state index in [2.05, 4.69) is 15.3 Å². The predicted molar refractivity (Wildman–Crippen MR) is 79.0 cm³/mol. The molecule has 5 nitrogen and oxygen atoms in total. The highest BCUT2D eigenvalue weighted by Gasteiger charge is 2.21. The van der Waals surface area contributed by atoms with Crippen LogP contribution in [0.3, 0.4) is 0 Å². The number of aromatic nitrogens is 2. The number of methoxy groups -OCH3 is 1. The van der Waals surface area contributed by atoms with Gasteiger partial charge in [-0.25, -0.2) is 4.98 Å². The number of H-pyrrole nitrogens is 1. The molecule has 1 aliphatic carbocycles. The fourth-order valence-electron chi connectivity index (χ4n) is 2.79. The Bertz CT molecular complexity index is 645. The van der Waals surface area contributed by atoms with Crippen LogP contribution in [0, 0.1) is 0 Å². The van der Waals surface area contributed by atoms with Gasteiger partial charge in [-0.15, -0.1) is 0 Å². The molecule has 0 amide bonds. The first-order chi connectivity index (χ1) is 9.76. The minimum Gasteiger partial charge on any atom is -0.381 e. The third-order valence-electron chi connectivity index (χ3n) is 3.96. The third-order valence-corrected chi connectivity index (χ3v) is 3.96. The zero-order chi connectivity index (χ0) is 13.9. The van der Waals surface area contributed by atoms with E-state index in [1.54, 1.807) is 13.2 Å². The van der Waals surface area contributed by atoms with Crippen LogP contribution in [0.25, 0.3) is 10.9 Å². The van der Waals surface area contributed by atoms with E-state index in [0.717, 1.165) is 31.2 Å². The van der Waals surface area contributed by atoms with E-state index in [9.17, 15) is 4.79 Å². The summed E-state index contributed by atoms with van der Waals surface area (Å²) in [6.07, 6.45) is 4.54. The van der Waals surface area contributed by atoms with E-state index in [0.29, 0.717) is 23.5 Å². The Labute approximate surface area is 117 Å². The highest BCUT2D eigenvalue weighted by atomic mass is 16.5. The molecule has 1 fully saturated rings. The SMILES string of the molecule is COC1CCC(Nc2nc3ccccc3c(=O)[nH]2)CC1. The van der Waals surface area contributed by atoms with E-state index in [1.807, 2.05) is 18.2 Å². The number of nitrogens with one attached hydrogen (secondary N) is 2. The summed E-state index contributed by atoms with van der Waals surface area (Å²) in [6, 6.07) is 7.73. The number of fused-ring (bicyclic) bond motifs is 1. The standard InChI is InChI=1S/C15H19N3O2/c1-20-11-8-6-10(7-9-11)16-15-17-13-5-3-2-4-12(13)14(19)18-15/h2-5,10-11H,6-9H2,1H3,(H2,16,17,18,19). The van der Waals surface area contributed by atoms with E-state index in [-0.39, 0.29) is 5.56 Å². The largest absolute Gasteiger partial charge is 0.381 e. The van der Waals surface area contributed by atoms with Crippen molar-refractivity contribution in [3.63, 3.8) is 0 Å². The Morgan fingerprint density at radius 3 is 2.75 bits per heavy atom. The Morgan fingerprint density at radius 1 is 1.25 bits per heavy atom. The highest BCUT2D eigenvalue weighted by molar-refractivity contribution is 5.78. The van der Waals surface area contributed by atoms with Gasteiger partial charge in [-0.3, -0.25) is 9.78 Å². The lowest BCUT2D eigenvalue weighted by Gasteiger charge is -2.28. The van der Waals surface area contributed by atoms with Crippen molar-refractivity contribution in [1.82, 2.24) is 9.97 Å². The molecule has 0 radical (unpaired) electrons. The lowest BCUT2D eigenvalue weighted by molar-refractivity contribution is 0.0681. The summed E-state index contributed by atoms with van der Waals surface area (Å²) >= 11 is 0. The molecule has 1 aromatic heterocycles. The van der Waals surface area contributed by atoms with Gasteiger partial charge in [0.25, 0.3) is 5.56 Å². The zero-order valence-electron chi connectivity index (χ0n) is 11.6. The first kappa shape index (κ1) is 13.1. The van der Waals surface area contributed by atoms with Crippen LogP contribution in [0.5, 0.6) is 0 Å². The van der Waals surface area contributed by atoms with E-state index in [1.165, 1.54) is 0 Å². The average Bonchev–Trinajstić information content (AvgIpc) is 2.48. The number of benzene rings is 1. The summed E-state index contributed by atoms with van der Waals surface area (Å²) in [6.45, 7) is 0. The van der Waals surface area contributed by atoms with Crippen molar-refractivity contribution >= 4 is 16.9 Å². The molecular formula is C15H19N3O2. The van der Waals surface area contributed by atoms with Crippen LogP contribution in [0.15, 0.2) is 29.1 Å². The van der Waals surface area contributed by atoms with Gasteiger partial charge in [-0.1, -0.05) is 12.1 Å². The Hall–Kier alpha value is -1.88. The molecule has 0 saturated heterocycles. The molecule has 5 heteroatoms. The second kappa shape index (κ2) is 5.63. The molecule has 1 aromatic carbocycles. The summed E-state index contributed by atoms with van der Waals surface area (Å²) in [5.41, 5.74) is 0.632. The minimum atomic E-state index is -0.0938. The molecule has 0 atom stereocenters. The van der Waals surface area contributed by atoms with Gasteiger partial charge in [0.15, 0.2) is 0 Å². The molecule has 1 saturated carbocycles. The first-order valence-corrected chi connectivity index (χ1v) is 7.04. The van der Waals surface area contributed by atoms with Gasteiger partial charge in [-0.2, -0.15) is 0 Å². The Balaban J connectivity index is 1.77. The van der Waals surface area contributed by atoms with Gasteiger partial charge in [-0.05, 0) is 37.8 Å². The van der Waals surface area contributed by atoms with Crippen molar-refractivity contribution < 1.29 is 4.74 Å². The minimum absolute atomic E-state index is 0.0938. The van der Waals surface area contributed by atoms with Gasteiger partial charge in [0, 0.05) is 13.2 Å². The molecule has 0 unspecified atom stereocenters. The number of ether oxygens (including phenoxy) is 1. The molecule has 1 aliphatic rings. The van der Waals surface area contributed by atoms with Crippen molar-refractivity contribution in [2.75, 3.05) is 12.4 Å². The van der Waals surface area contributed by atoms with Crippen molar-refractivity contribution in [2.24, 2.45) is 0 Å². The van der Waals surface area contributed by atoms with Gasteiger partial charge in [0.2, 0.25) is 5.95 Å². The number of hydrogen-bond donors (Lipinski definition) is 2. The number of rotatable bonds is 3. The number of hydrogen-bond acceptors (Lipinski definition) is 4. The summed E-state index contributed by atoms with van der Waals surface area (Å²) in [4.78, 5) is 19.3. The summed E-state index contributed by atoms with van der Waals surface area (Å²) in [5.74, 6) is 0.564. The molecule has 2 N–H and O–H groups in total. The fourth-order valence-corrected chi connectivity index (χ4v) is 2.79. The predicted octanol–water partition coefficient (Wildman–Crippen LogP) is 2.29. The van der Waals surface area contributed by atoms with Crippen LogP contribution in [0.1, 0.15) is 25.7 Å². The topological polar surface area (TPSA) is 67.0 Å². The summed E-state index contributed by atoms with van der Waals surface area (Å²) < 4.78 is 5.37. The van der Waals surface area contributed by atoms with Crippen molar-refractivity contribution in [3.05, 3.63) is 34.6 Å². The maximum atomic E-state index is 12.0. The molecule has 0 aliphatic heterocycles. The zero-order valence-corrected chi connectivity index (χ0v) is 11.6. The maximum absolute atomic E-state index is 12.0. The van der Waals surface area contributed by atoms with Crippen molar-refractivity contribution in [1.29, 1.82) is 0 Å². The second-order valence-corrected chi connectivity index (χ2v) is 5.29. The molecule has 2 aromatic rings. The van der Waals surface area contributed by atoms with Gasteiger partial charge < -0.3 is 10.1 Å². The first-order valence-electron chi connectivity index (χ1n) is 7.04. The number of para-hydroxylation sites is 1. The maximum Gasteiger partial charge on any atom is 0.260 e. The molecule has 20 heavy (non-hydrogen) atoms. The van der Waals surface area contributed by atoms with Crippen LogP contribution < -0.4 is 10.9 Å². The molecule has 0 bridgehead atoms. The average molecular weight is 273 g/mol. The van der Waals surface area contributed by atoms with E-state index >= 15 is 0 Å². The molecule has 106 valence electrons. The summed E-state index contributed by atoms with van der Waals surface area (Å²) in [5, 5.41) is 3.96. The lowest BCUT2D eigenvalue weighted by atomic mass is 9.93. The second-order valence-electron chi connectivity index (χ2n) is 5.29. The molecule has 3 rings (SSSR count). The highest BCUT2D eigenvalue weighted by Crippen LogP contribution is 2.22. The molecular weight excluding hydrogens is 254 g/mol. The third kappa shape index (κ3) is 2.67. The monoisotopic (exact) mass is 273 g/mol. The van der Waals surface area contributed by atoms with Crippen LogP contribution >= 0.6 is 0 Å². The van der Waals surface area contributed by atoms with Crippen LogP contribution in [0.2, 0.25) is 0 Å². The quantitative estimate of drug-likeness (QED) is 0.900. The normalized spacial score (nSPS) is 22.9. The molecule has 0 spiro atoms. The smallest absolute Gasteiger partial charge is 0.260 e. The van der Waals surface area contributed by atoms with Gasteiger partial charge in [0.05, 0.1) is 17.0 Å². The van der Waals surface area contributed by atoms with Crippen LogP contribution in [0.4, 0.5) is 5.95 Å². The number of anilines is 1. The van der Waals surface area contributed by atoms with E-state index in [4.69, 9.17) is 4.74 Å². The molecule has 1 heterocycles. The number of nitrogens with zero attached hydrogens (tertiary/aromatic N) is 1. The Morgan fingerprint density at radius 2 is 2.00 bits per heavy atom. The van der Waals surface area contributed by atoms with Crippen LogP contribution in [-0.2, 0) is 4.74 Å². The summed E-state index contributed by atoms with van der Waals surface area (Å²) in [7, 11) is 1.76. The van der Waals surface area contributed by atoms with E-state index < -0.39 is 0 Å². The van der Waals surface area contributed by atoms with Crippen molar-refractivity contribution in [3.8, 4) is 0 Å². The Kier molecular flexibility index (Phi) is 3.69. The lowest BCUT2D eigenvalue weighted by Crippen LogP contribution is -2.30. The van der Waals surface area contributed by atoms with Crippen molar-refractivity contribution in [2.45, 2.75) is 37.8 Å². The van der Waals surface area contributed by atoms with Gasteiger partial charge in [0.1, 0.15) is 0 Å². The fraction of sp³-hybridized carbons (Fsp3) is 0.467.